The van der Waals surface area contributed by atoms with Gasteiger partial charge >= 0.3 is 152 Å². The molecule has 0 bridgehead atoms. The Balaban J connectivity index is 0. The molecule has 0 heterocycles. The van der Waals surface area contributed by atoms with Crippen LogP contribution in [0.15, 0.2) is 0 Å². The van der Waals surface area contributed by atoms with E-state index < -0.39 is 37.3 Å². The van der Waals surface area contributed by atoms with Crippen molar-refractivity contribution < 1.29 is 0 Å². The summed E-state index contributed by atoms with van der Waals surface area (Å²) in [5, 5.41) is 0. The number of hydrogen-bond donors (Lipinski definition) is 0. The van der Waals surface area contributed by atoms with Gasteiger partial charge in [-0.3, -0.25) is 0 Å². The van der Waals surface area contributed by atoms with E-state index in [1.807, 2.05) is 0 Å². The van der Waals surface area contributed by atoms with Crippen molar-refractivity contribution >= 4 is 55.1 Å². The fourth-order valence-electron chi connectivity index (χ4n) is 1.97. The van der Waals surface area contributed by atoms with Gasteiger partial charge in [-0.1, -0.05) is 0 Å². The summed E-state index contributed by atoms with van der Waals surface area (Å²) < 4.78 is 6.16. The van der Waals surface area contributed by atoms with Crippen LogP contribution in [0.25, 0.3) is 0 Å². The molecule has 0 amide bonds. The monoisotopic (exact) mass is 538 g/mol. The molecule has 122 valence electrons. The average Bonchev–Trinajstić information content (AvgIpc) is 2.45. The van der Waals surface area contributed by atoms with Gasteiger partial charge in [-0.05, 0) is 0 Å². The molecular formula is C16H36Cl2Sn2. The molecular weight excluding hydrogens is 501 g/mol. The molecule has 0 aromatic heterocycles. The van der Waals surface area contributed by atoms with Gasteiger partial charge in [-0.25, -0.2) is 0 Å². The molecule has 0 aromatic carbocycles. The first kappa shape index (κ1) is 24.4. The van der Waals surface area contributed by atoms with Crippen LogP contribution in [-0.2, 0) is 0 Å². The Kier molecular flexibility index (Phi) is 25.9. The Morgan fingerprint density at radius 1 is 0.550 bits per heavy atom. The third-order valence-electron chi connectivity index (χ3n) is 3.37. The fourth-order valence-corrected chi connectivity index (χ4v) is 15.0. The molecule has 0 saturated heterocycles. The average molecular weight is 537 g/mol. The zero-order valence-corrected chi connectivity index (χ0v) is 21.5. The second-order valence-electron chi connectivity index (χ2n) is 5.50. The van der Waals surface area contributed by atoms with Crippen molar-refractivity contribution in [3.8, 4) is 0 Å². The van der Waals surface area contributed by atoms with Crippen LogP contribution in [0.1, 0.15) is 79.1 Å². The minimum atomic E-state index is -1.70. The van der Waals surface area contributed by atoms with E-state index in [0.29, 0.717) is 0 Å². The van der Waals surface area contributed by atoms with Crippen molar-refractivity contribution in [2.24, 2.45) is 0 Å². The number of halogens is 2. The quantitative estimate of drug-likeness (QED) is 0.225. The first-order valence-electron chi connectivity index (χ1n) is 8.62. The van der Waals surface area contributed by atoms with Gasteiger partial charge in [0.05, 0.1) is 0 Å². The topological polar surface area (TPSA) is 0 Å². The summed E-state index contributed by atoms with van der Waals surface area (Å²) in [5.41, 5.74) is 0. The number of unbranched alkanes of at least 4 members (excludes halogenated alkanes) is 4. The maximum absolute atomic E-state index is 5.62. The van der Waals surface area contributed by atoms with Crippen LogP contribution in [0.4, 0.5) is 0 Å². The Morgan fingerprint density at radius 2 is 0.850 bits per heavy atom. The summed E-state index contributed by atoms with van der Waals surface area (Å²) in [7, 11) is 11.2. The standard InChI is InChI=1S/4C4H9.2ClH.2Sn/c4*1-3-4-2;;;;/h4*1,3-4H2,2H3;2*1H;;/q;;;;;;;+2/p-2. The van der Waals surface area contributed by atoms with Gasteiger partial charge in [-0.2, -0.15) is 0 Å². The van der Waals surface area contributed by atoms with E-state index in [1.165, 1.54) is 51.4 Å². The van der Waals surface area contributed by atoms with Gasteiger partial charge < -0.3 is 0 Å². The normalized spacial score (nSPS) is 10.8. The van der Waals surface area contributed by atoms with E-state index in [4.69, 9.17) is 17.8 Å². The van der Waals surface area contributed by atoms with Gasteiger partial charge in [0.15, 0.2) is 0 Å². The van der Waals surface area contributed by atoms with Gasteiger partial charge in [0.2, 0.25) is 0 Å². The molecule has 0 nitrogen and oxygen atoms in total. The second kappa shape index (κ2) is 21.2. The molecule has 0 spiro atoms. The van der Waals surface area contributed by atoms with Gasteiger partial charge in [0.1, 0.15) is 0 Å². The molecule has 4 heteroatoms. The molecule has 2 radical (unpaired) electrons. The Bertz CT molecular complexity index is 148. The van der Waals surface area contributed by atoms with Crippen molar-refractivity contribution in [3.05, 3.63) is 0 Å². The molecule has 0 aliphatic heterocycles. The van der Waals surface area contributed by atoms with Crippen molar-refractivity contribution in [1.29, 1.82) is 0 Å². The van der Waals surface area contributed by atoms with Gasteiger partial charge in [0, 0.05) is 0 Å². The molecule has 0 fully saturated rings. The molecule has 0 atom stereocenters. The summed E-state index contributed by atoms with van der Waals surface area (Å²) in [4.78, 5) is 0. The van der Waals surface area contributed by atoms with Crippen LogP contribution >= 0.6 is 17.8 Å². The van der Waals surface area contributed by atoms with Crippen LogP contribution in [0.5, 0.6) is 0 Å². The van der Waals surface area contributed by atoms with Crippen LogP contribution in [0, 0.1) is 0 Å². The van der Waals surface area contributed by atoms with Gasteiger partial charge in [-0.15, -0.1) is 0 Å². The zero-order chi connectivity index (χ0) is 15.6. The summed E-state index contributed by atoms with van der Waals surface area (Å²) >= 11 is -2.54. The molecule has 0 N–H and O–H groups in total. The van der Waals surface area contributed by atoms with E-state index >= 15 is 0 Å². The van der Waals surface area contributed by atoms with Crippen molar-refractivity contribution in [1.82, 2.24) is 0 Å². The molecule has 20 heavy (non-hydrogen) atoms. The summed E-state index contributed by atoms with van der Waals surface area (Å²) in [6.07, 6.45) is 11.3. The first-order valence-corrected chi connectivity index (χ1v) is 23.9. The predicted octanol–water partition coefficient (Wildman–Crippen LogP) is 7.63. The van der Waals surface area contributed by atoms with Crippen LogP contribution < -0.4 is 0 Å². The minimum absolute atomic E-state index is 0.839. The SMILES string of the molecule is CCC[CH2][Sn]([CH2]CCC)[CH2]CCC.CCC[CH2][Sn]([Cl])[Cl]. The Hall–Kier alpha value is 2.18. The van der Waals surface area contributed by atoms with E-state index in [0.717, 1.165) is 4.44 Å². The Labute approximate surface area is 150 Å². The van der Waals surface area contributed by atoms with Crippen molar-refractivity contribution in [2.45, 2.75) is 96.8 Å². The fraction of sp³-hybridized carbons (Fsp3) is 1.00. The van der Waals surface area contributed by atoms with Gasteiger partial charge in [0.25, 0.3) is 0 Å². The van der Waals surface area contributed by atoms with Crippen molar-refractivity contribution in [3.63, 3.8) is 0 Å². The zero-order valence-electron chi connectivity index (χ0n) is 14.2. The molecule has 0 aromatic rings. The van der Waals surface area contributed by atoms with Crippen LogP contribution in [0.2, 0.25) is 17.7 Å². The predicted molar refractivity (Wildman–Crippen MR) is 102 cm³/mol. The van der Waals surface area contributed by atoms with E-state index in [9.17, 15) is 0 Å². The number of hydrogen-bond acceptors (Lipinski definition) is 0. The van der Waals surface area contributed by atoms with Crippen molar-refractivity contribution in [2.75, 3.05) is 0 Å². The molecule has 0 unspecified atom stereocenters. The molecule has 0 saturated carbocycles. The molecule has 0 aliphatic rings. The number of rotatable bonds is 12. The molecule has 0 aliphatic carbocycles. The molecule has 0 rings (SSSR count). The third kappa shape index (κ3) is 22.5. The van der Waals surface area contributed by atoms with E-state index in [2.05, 4.69) is 27.7 Å². The Morgan fingerprint density at radius 3 is 1.05 bits per heavy atom. The maximum atomic E-state index is 5.62. The summed E-state index contributed by atoms with van der Waals surface area (Å²) in [5.74, 6) is 0. The summed E-state index contributed by atoms with van der Waals surface area (Å²) in [6, 6.07) is 0. The second-order valence-corrected chi connectivity index (χ2v) is 24.8. The van der Waals surface area contributed by atoms with E-state index in [1.54, 1.807) is 13.3 Å². The first-order chi connectivity index (χ1) is 9.62. The van der Waals surface area contributed by atoms with Crippen LogP contribution in [-0.4, -0.2) is 37.3 Å². The van der Waals surface area contributed by atoms with E-state index in [-0.39, 0.29) is 0 Å². The third-order valence-corrected chi connectivity index (χ3v) is 17.1. The van der Waals surface area contributed by atoms with Crippen LogP contribution in [0.3, 0.4) is 0 Å². The summed E-state index contributed by atoms with van der Waals surface area (Å²) in [6.45, 7) is 9.15.